The van der Waals surface area contributed by atoms with Crippen molar-refractivity contribution in [3.63, 3.8) is 0 Å². The summed E-state index contributed by atoms with van der Waals surface area (Å²) < 4.78 is 16.8. The number of fused-ring (bicyclic) bond motifs is 1. The number of nitro benzene ring substituents is 1. The third-order valence-electron chi connectivity index (χ3n) is 5.74. The van der Waals surface area contributed by atoms with E-state index in [1.54, 1.807) is 6.07 Å². The number of nitrogens with one attached hydrogen (secondary N) is 1. The number of nitro groups is 1. The summed E-state index contributed by atoms with van der Waals surface area (Å²) in [4.78, 5) is 51.5. The van der Waals surface area contributed by atoms with Gasteiger partial charge in [-0.1, -0.05) is 6.07 Å². The van der Waals surface area contributed by atoms with Crippen molar-refractivity contribution in [3.8, 4) is 0 Å². The first kappa shape index (κ1) is 27.1. The number of nitrogens with zero attached hydrogens (tertiary/aromatic N) is 2. The first-order valence-corrected chi connectivity index (χ1v) is 13.5. The molecule has 0 aliphatic carbocycles. The topological polar surface area (TPSA) is 137 Å². The third-order valence-corrected chi connectivity index (χ3v) is 7.78. The summed E-state index contributed by atoms with van der Waals surface area (Å²) in [5, 5.41) is 15.6. The maximum Gasteiger partial charge on any atom is 0.355 e. The number of esters is 1. The van der Waals surface area contributed by atoms with Gasteiger partial charge in [0.1, 0.15) is 12.3 Å². The highest BCUT2D eigenvalue weighted by Crippen LogP contribution is 2.41. The second-order valence-corrected chi connectivity index (χ2v) is 10.6. The van der Waals surface area contributed by atoms with Crippen LogP contribution in [0.1, 0.15) is 10.4 Å². The van der Waals surface area contributed by atoms with Crippen LogP contribution in [0, 0.1) is 10.1 Å². The molecule has 1 N–H and O–H groups in total. The summed E-state index contributed by atoms with van der Waals surface area (Å²) in [5.41, 5.74) is -0.848. The molecular weight excluding hydrogens is 546 g/mol. The van der Waals surface area contributed by atoms with Gasteiger partial charge in [0.25, 0.3) is 17.3 Å². The number of amides is 2. The lowest BCUT2D eigenvalue weighted by Gasteiger charge is -2.55. The zero-order valence-electron chi connectivity index (χ0n) is 19.5. The summed E-state index contributed by atoms with van der Waals surface area (Å²) in [7, 11) is 1.28. The van der Waals surface area contributed by atoms with Crippen molar-refractivity contribution in [2.45, 2.75) is 25.0 Å². The molecule has 2 atom stereocenters. The molecule has 0 radical (unpaired) electrons. The molecule has 0 saturated carbocycles. The predicted molar refractivity (Wildman–Crippen MR) is 136 cm³/mol. The SMILES string of the molecule is CO[C@@]1(NC(=O)Cc2cccs2)C(=O)N2C(C(=O)OCc3ccc([N+](=O)[O-])cc3)=C(CSCCl)COC21. The number of non-ortho nitro benzene ring substituents is 1. The normalized spacial score (nSPS) is 20.8. The first-order chi connectivity index (χ1) is 17.8. The van der Waals surface area contributed by atoms with E-state index in [1.165, 1.54) is 54.5 Å². The van der Waals surface area contributed by atoms with Crippen LogP contribution in [-0.4, -0.2) is 64.2 Å². The number of rotatable bonds is 11. The lowest BCUT2D eigenvalue weighted by Crippen LogP contribution is -2.82. The smallest absolute Gasteiger partial charge is 0.355 e. The predicted octanol–water partition coefficient (Wildman–Crippen LogP) is 2.78. The maximum atomic E-state index is 13.4. The highest BCUT2D eigenvalue weighted by molar-refractivity contribution is 8.00. The zero-order valence-corrected chi connectivity index (χ0v) is 21.9. The van der Waals surface area contributed by atoms with E-state index in [0.29, 0.717) is 16.9 Å². The molecule has 2 aromatic rings. The van der Waals surface area contributed by atoms with E-state index in [4.69, 9.17) is 25.8 Å². The minimum Gasteiger partial charge on any atom is -0.456 e. The van der Waals surface area contributed by atoms with Gasteiger partial charge >= 0.3 is 5.97 Å². The number of benzene rings is 1. The Morgan fingerprint density at radius 1 is 1.35 bits per heavy atom. The Morgan fingerprint density at radius 2 is 2.11 bits per heavy atom. The molecule has 1 fully saturated rings. The molecule has 1 unspecified atom stereocenters. The van der Waals surface area contributed by atoms with Gasteiger partial charge in [0.2, 0.25) is 5.91 Å². The van der Waals surface area contributed by atoms with Gasteiger partial charge in [-0.05, 0) is 34.7 Å². The Bertz CT molecular complexity index is 1220. The van der Waals surface area contributed by atoms with Crippen LogP contribution in [0.2, 0.25) is 0 Å². The number of thioether (sulfide) groups is 1. The van der Waals surface area contributed by atoms with Gasteiger partial charge in [0.15, 0.2) is 6.23 Å². The van der Waals surface area contributed by atoms with Crippen molar-refractivity contribution in [1.82, 2.24) is 10.2 Å². The number of hydrogen-bond donors (Lipinski definition) is 1. The van der Waals surface area contributed by atoms with E-state index in [0.717, 1.165) is 9.78 Å². The number of methoxy groups -OCH3 is 1. The number of hydrogen-bond acceptors (Lipinski definition) is 10. The zero-order chi connectivity index (χ0) is 26.6. The van der Waals surface area contributed by atoms with Crippen molar-refractivity contribution >= 4 is 58.2 Å². The van der Waals surface area contributed by atoms with E-state index >= 15 is 0 Å². The Hall–Kier alpha value is -2.97. The minimum atomic E-state index is -1.79. The van der Waals surface area contributed by atoms with Gasteiger partial charge < -0.3 is 19.5 Å². The molecule has 2 amide bonds. The van der Waals surface area contributed by atoms with Crippen molar-refractivity contribution in [1.29, 1.82) is 0 Å². The summed E-state index contributed by atoms with van der Waals surface area (Å²) in [6.45, 7) is -0.178. The van der Waals surface area contributed by atoms with Crippen molar-refractivity contribution in [2.24, 2.45) is 0 Å². The molecule has 196 valence electrons. The summed E-state index contributed by atoms with van der Waals surface area (Å²) in [6, 6.07) is 9.19. The first-order valence-electron chi connectivity index (χ1n) is 10.9. The molecular formula is C23H22ClN3O8S2. The number of β-lactam (4-membered cyclic amide) rings is 1. The Balaban J connectivity index is 1.52. The quantitative estimate of drug-likeness (QED) is 0.108. The Morgan fingerprint density at radius 3 is 2.73 bits per heavy atom. The molecule has 1 saturated heterocycles. The fraction of sp³-hybridized carbons (Fsp3) is 0.348. The highest BCUT2D eigenvalue weighted by atomic mass is 35.5. The van der Waals surface area contributed by atoms with Crippen LogP contribution >= 0.6 is 34.7 Å². The molecule has 14 heteroatoms. The third kappa shape index (κ3) is 5.50. The molecule has 1 aromatic heterocycles. The summed E-state index contributed by atoms with van der Waals surface area (Å²) >= 11 is 8.53. The van der Waals surface area contributed by atoms with Crippen molar-refractivity contribution in [3.05, 3.63) is 73.6 Å². The van der Waals surface area contributed by atoms with Gasteiger partial charge in [-0.25, -0.2) is 4.79 Å². The lowest BCUT2D eigenvalue weighted by molar-refractivity contribution is -0.384. The molecule has 0 bridgehead atoms. The molecule has 11 nitrogen and oxygen atoms in total. The van der Waals surface area contributed by atoms with Gasteiger partial charge in [-0.3, -0.25) is 24.6 Å². The van der Waals surface area contributed by atoms with Crippen LogP contribution in [0.4, 0.5) is 5.69 Å². The number of ether oxygens (including phenoxy) is 3. The summed E-state index contributed by atoms with van der Waals surface area (Å²) in [5.74, 6) is -1.57. The van der Waals surface area contributed by atoms with Crippen LogP contribution in [-0.2, 0) is 41.6 Å². The van der Waals surface area contributed by atoms with E-state index in [-0.39, 0.29) is 36.2 Å². The average molecular weight is 568 g/mol. The monoisotopic (exact) mass is 567 g/mol. The molecule has 37 heavy (non-hydrogen) atoms. The van der Waals surface area contributed by atoms with E-state index in [2.05, 4.69) is 5.32 Å². The number of thiophene rings is 1. The van der Waals surface area contributed by atoms with Crippen LogP contribution in [0.5, 0.6) is 0 Å². The Kier molecular flexibility index (Phi) is 8.49. The minimum absolute atomic E-state index is 0.000888. The fourth-order valence-electron chi connectivity index (χ4n) is 3.96. The van der Waals surface area contributed by atoms with Gasteiger partial charge in [0.05, 0.1) is 23.2 Å². The number of halogens is 1. The summed E-state index contributed by atoms with van der Waals surface area (Å²) in [6.07, 6.45) is -1.02. The number of carbonyl (C=O) groups excluding carboxylic acids is 3. The fourth-order valence-corrected chi connectivity index (χ4v) is 5.44. The van der Waals surface area contributed by atoms with Crippen molar-refractivity contribution in [2.75, 3.05) is 24.7 Å². The average Bonchev–Trinajstić information content (AvgIpc) is 3.41. The lowest BCUT2D eigenvalue weighted by atomic mass is 9.94. The van der Waals surface area contributed by atoms with Crippen LogP contribution in [0.25, 0.3) is 0 Å². The molecule has 0 spiro atoms. The van der Waals surface area contributed by atoms with Gasteiger partial charge in [-0.15, -0.1) is 34.7 Å². The van der Waals surface area contributed by atoms with Crippen molar-refractivity contribution < 1.29 is 33.5 Å². The second kappa shape index (κ2) is 11.6. The molecule has 1 aromatic carbocycles. The van der Waals surface area contributed by atoms with Gasteiger partial charge in [0, 0.05) is 29.9 Å². The Labute approximate surface area is 224 Å². The second-order valence-electron chi connectivity index (χ2n) is 7.99. The molecule has 2 aliphatic heterocycles. The van der Waals surface area contributed by atoms with E-state index in [9.17, 15) is 24.5 Å². The van der Waals surface area contributed by atoms with Crippen LogP contribution in [0.15, 0.2) is 53.0 Å². The molecule has 3 heterocycles. The number of alkyl halides is 1. The van der Waals surface area contributed by atoms with E-state index in [1.807, 2.05) is 11.4 Å². The standard InChI is InChI=1S/C23H22ClN3O8S2/c1-33-23(25-18(28)9-17-3-2-8-37-17)21(30)26-19(15(12-36-13-24)11-35-22(23)26)20(29)34-10-14-4-6-16(7-5-14)27(31)32/h2-8,22H,9-13H2,1H3,(H,25,28)/t22?,23-/m0/s1. The van der Waals surface area contributed by atoms with E-state index < -0.39 is 34.7 Å². The molecule has 2 aliphatic rings. The number of carbonyl (C=O) groups is 3. The van der Waals surface area contributed by atoms with Gasteiger partial charge in [-0.2, -0.15) is 0 Å². The van der Waals surface area contributed by atoms with Crippen LogP contribution < -0.4 is 5.32 Å². The highest BCUT2D eigenvalue weighted by Gasteiger charge is 2.67. The van der Waals surface area contributed by atoms with Crippen LogP contribution in [0.3, 0.4) is 0 Å². The largest absolute Gasteiger partial charge is 0.456 e. The molecule has 4 rings (SSSR count). The maximum absolute atomic E-state index is 13.4.